The van der Waals surface area contributed by atoms with Crippen LogP contribution in [-0.4, -0.2) is 51.0 Å². The van der Waals surface area contributed by atoms with E-state index in [1.807, 2.05) is 17.9 Å². The maximum Gasteiger partial charge on any atom is 0.338 e. The molecule has 2 atom stereocenters. The number of amides is 1. The molecule has 27 heavy (non-hydrogen) atoms. The van der Waals surface area contributed by atoms with Crippen molar-refractivity contribution < 1.29 is 14.3 Å². The van der Waals surface area contributed by atoms with Crippen molar-refractivity contribution in [3.63, 3.8) is 0 Å². The first-order valence-corrected chi connectivity index (χ1v) is 9.97. The molecular weight excluding hydrogens is 344 g/mol. The van der Waals surface area contributed by atoms with Crippen LogP contribution in [0.1, 0.15) is 55.8 Å². The average molecular weight is 370 g/mol. The van der Waals surface area contributed by atoms with Crippen LogP contribution in [0.3, 0.4) is 0 Å². The molecule has 144 valence electrons. The lowest BCUT2D eigenvalue weighted by molar-refractivity contribution is -0.140. The summed E-state index contributed by atoms with van der Waals surface area (Å²) in [4.78, 5) is 27.0. The Bertz CT molecular complexity index is 845. The maximum atomic E-state index is 12.7. The van der Waals surface area contributed by atoms with Gasteiger partial charge in [0, 0.05) is 19.1 Å². The number of esters is 1. The molecule has 1 aromatic carbocycles. The molecule has 7 nitrogen and oxygen atoms in total. The molecule has 4 rings (SSSR count). The van der Waals surface area contributed by atoms with E-state index in [1.54, 1.807) is 16.8 Å². The van der Waals surface area contributed by atoms with Crippen LogP contribution in [0.5, 0.6) is 0 Å². The van der Waals surface area contributed by atoms with E-state index in [1.165, 1.54) is 25.7 Å². The quantitative estimate of drug-likeness (QED) is 0.774. The van der Waals surface area contributed by atoms with E-state index >= 15 is 0 Å². The first-order valence-electron chi connectivity index (χ1n) is 9.97. The lowest BCUT2D eigenvalue weighted by atomic mass is 9.78. The lowest BCUT2D eigenvalue weighted by Gasteiger charge is -2.44. The van der Waals surface area contributed by atoms with Gasteiger partial charge in [0.2, 0.25) is 0 Å². The second-order valence-corrected chi connectivity index (χ2v) is 7.53. The second-order valence-electron chi connectivity index (χ2n) is 7.53. The highest BCUT2D eigenvalue weighted by Crippen LogP contribution is 2.35. The van der Waals surface area contributed by atoms with Gasteiger partial charge in [-0.25, -0.2) is 9.48 Å². The number of likely N-dealkylation sites (tertiary alicyclic amines) is 1. The van der Waals surface area contributed by atoms with Gasteiger partial charge < -0.3 is 9.64 Å². The summed E-state index contributed by atoms with van der Waals surface area (Å²) in [5, 5.41) is 8.12. The van der Waals surface area contributed by atoms with Gasteiger partial charge in [0.15, 0.2) is 6.61 Å². The van der Waals surface area contributed by atoms with Crippen molar-refractivity contribution in [1.82, 2.24) is 19.9 Å². The third kappa shape index (κ3) is 3.55. The van der Waals surface area contributed by atoms with Gasteiger partial charge >= 0.3 is 5.97 Å². The van der Waals surface area contributed by atoms with Gasteiger partial charge in [-0.1, -0.05) is 18.1 Å². The Balaban J connectivity index is 1.39. The van der Waals surface area contributed by atoms with E-state index in [0.29, 0.717) is 29.6 Å². The van der Waals surface area contributed by atoms with Crippen molar-refractivity contribution in [2.45, 2.75) is 58.0 Å². The smallest absolute Gasteiger partial charge is 0.338 e. The molecule has 0 unspecified atom stereocenters. The van der Waals surface area contributed by atoms with Gasteiger partial charge in [0.1, 0.15) is 5.52 Å². The summed E-state index contributed by atoms with van der Waals surface area (Å²) in [6, 6.07) is 5.51. The highest BCUT2D eigenvalue weighted by molar-refractivity contribution is 5.94. The monoisotopic (exact) mass is 370 g/mol. The molecule has 1 aliphatic carbocycles. The van der Waals surface area contributed by atoms with E-state index in [0.717, 1.165) is 24.9 Å². The summed E-state index contributed by atoms with van der Waals surface area (Å²) in [6.45, 7) is 3.29. The number of hydrogen-bond acceptors (Lipinski definition) is 5. The largest absolute Gasteiger partial charge is 0.452 e. The van der Waals surface area contributed by atoms with Gasteiger partial charge in [-0.15, -0.1) is 5.10 Å². The molecule has 1 aromatic heterocycles. The minimum absolute atomic E-state index is 0.0713. The van der Waals surface area contributed by atoms with Crippen molar-refractivity contribution in [2.24, 2.45) is 5.92 Å². The molecule has 0 radical (unpaired) electrons. The van der Waals surface area contributed by atoms with Gasteiger partial charge in [0.05, 0.1) is 11.1 Å². The van der Waals surface area contributed by atoms with Crippen LogP contribution < -0.4 is 0 Å². The van der Waals surface area contributed by atoms with Gasteiger partial charge in [0.25, 0.3) is 5.91 Å². The fourth-order valence-electron chi connectivity index (χ4n) is 4.56. The van der Waals surface area contributed by atoms with E-state index in [9.17, 15) is 9.59 Å². The van der Waals surface area contributed by atoms with Crippen LogP contribution in [0, 0.1) is 5.92 Å². The first-order chi connectivity index (χ1) is 13.2. The number of aromatic nitrogens is 3. The first kappa shape index (κ1) is 17.9. The summed E-state index contributed by atoms with van der Waals surface area (Å²) in [7, 11) is 0. The molecule has 7 heteroatoms. The summed E-state index contributed by atoms with van der Waals surface area (Å²) in [6.07, 6.45) is 7.00. The molecule has 2 heterocycles. The third-order valence-electron chi connectivity index (χ3n) is 5.94. The number of aryl methyl sites for hydroxylation is 1. The molecule has 1 saturated carbocycles. The predicted octanol–water partition coefficient (Wildman–Crippen LogP) is 2.79. The van der Waals surface area contributed by atoms with E-state index < -0.39 is 5.97 Å². The maximum absolute atomic E-state index is 12.7. The Morgan fingerprint density at radius 3 is 2.85 bits per heavy atom. The molecule has 2 fully saturated rings. The highest BCUT2D eigenvalue weighted by Gasteiger charge is 2.35. The number of nitrogens with zero attached hydrogens (tertiary/aromatic N) is 4. The normalized spacial score (nSPS) is 22.5. The zero-order valence-electron chi connectivity index (χ0n) is 15.8. The molecule has 0 N–H and O–H groups in total. The number of piperidine rings is 1. The molecule has 2 aliphatic rings. The van der Waals surface area contributed by atoms with Crippen molar-refractivity contribution >= 4 is 22.9 Å². The molecule has 1 aliphatic heterocycles. The summed E-state index contributed by atoms with van der Waals surface area (Å²) in [5.74, 6) is 0.0576. The number of rotatable bonds is 4. The minimum Gasteiger partial charge on any atom is -0.452 e. The second kappa shape index (κ2) is 7.66. The van der Waals surface area contributed by atoms with Gasteiger partial charge in [-0.05, 0) is 56.7 Å². The fourth-order valence-corrected chi connectivity index (χ4v) is 4.56. The van der Waals surface area contributed by atoms with Crippen LogP contribution in [0.25, 0.3) is 11.0 Å². The molecular formula is C20H26N4O3. The molecule has 0 bridgehead atoms. The van der Waals surface area contributed by atoms with E-state index in [2.05, 4.69) is 10.3 Å². The summed E-state index contributed by atoms with van der Waals surface area (Å²) < 4.78 is 7.09. The Hall–Kier alpha value is -2.44. The standard InChI is InChI=1S/C20H26N4O3/c1-2-24-18-10-9-15(12-16(18)21-22-24)20(26)27-13-19(25)23-11-5-7-14-6-3-4-8-17(14)23/h9-10,12,14,17H,2-8,11,13H2,1H3/t14-,17+/m0/s1. The van der Waals surface area contributed by atoms with Crippen LogP contribution in [0.2, 0.25) is 0 Å². The topological polar surface area (TPSA) is 77.3 Å². The number of ether oxygens (including phenoxy) is 1. The Morgan fingerprint density at radius 1 is 1.19 bits per heavy atom. The van der Waals surface area contributed by atoms with Crippen LogP contribution in [-0.2, 0) is 16.1 Å². The minimum atomic E-state index is -0.492. The van der Waals surface area contributed by atoms with Crippen molar-refractivity contribution in [3.8, 4) is 0 Å². The van der Waals surface area contributed by atoms with Crippen LogP contribution >= 0.6 is 0 Å². The van der Waals surface area contributed by atoms with Crippen LogP contribution in [0.4, 0.5) is 0 Å². The highest BCUT2D eigenvalue weighted by atomic mass is 16.5. The van der Waals surface area contributed by atoms with Crippen molar-refractivity contribution in [2.75, 3.05) is 13.2 Å². The molecule has 2 aromatic rings. The summed E-state index contributed by atoms with van der Waals surface area (Å²) >= 11 is 0. The predicted molar refractivity (Wildman–Crippen MR) is 100 cm³/mol. The zero-order valence-corrected chi connectivity index (χ0v) is 15.8. The van der Waals surface area contributed by atoms with Crippen molar-refractivity contribution in [3.05, 3.63) is 23.8 Å². The Morgan fingerprint density at radius 2 is 2.00 bits per heavy atom. The third-order valence-corrected chi connectivity index (χ3v) is 5.94. The van der Waals surface area contributed by atoms with Gasteiger partial charge in [-0.2, -0.15) is 0 Å². The molecule has 0 spiro atoms. The number of fused-ring (bicyclic) bond motifs is 2. The number of hydrogen-bond donors (Lipinski definition) is 0. The fraction of sp³-hybridized carbons (Fsp3) is 0.600. The van der Waals surface area contributed by atoms with Crippen molar-refractivity contribution in [1.29, 1.82) is 0 Å². The Labute approximate surface area is 158 Å². The van der Waals surface area contributed by atoms with E-state index in [4.69, 9.17) is 4.74 Å². The number of carbonyl (C=O) groups is 2. The average Bonchev–Trinajstić information content (AvgIpc) is 3.13. The zero-order chi connectivity index (χ0) is 18.8. The summed E-state index contributed by atoms with van der Waals surface area (Å²) in [5.41, 5.74) is 1.92. The van der Waals surface area contributed by atoms with E-state index in [-0.39, 0.29) is 12.5 Å². The van der Waals surface area contributed by atoms with Crippen LogP contribution in [0.15, 0.2) is 18.2 Å². The Kier molecular flexibility index (Phi) is 5.09. The number of benzene rings is 1. The SMILES string of the molecule is CCn1nnc2cc(C(=O)OCC(=O)N3CCC[C@@H]4CCCC[C@H]43)ccc21. The lowest BCUT2D eigenvalue weighted by Crippen LogP contribution is -2.50. The molecule has 1 saturated heterocycles. The van der Waals surface area contributed by atoms with Gasteiger partial charge in [-0.3, -0.25) is 4.79 Å². The molecule has 1 amide bonds. The number of carbonyl (C=O) groups excluding carboxylic acids is 2.